The van der Waals surface area contributed by atoms with E-state index in [0.717, 1.165) is 0 Å². The van der Waals surface area contributed by atoms with E-state index in [9.17, 15) is 9.59 Å². The second-order valence-electron chi connectivity index (χ2n) is 2.50. The van der Waals surface area contributed by atoms with E-state index in [4.69, 9.17) is 5.26 Å². The third-order valence-corrected chi connectivity index (χ3v) is 1.54. The van der Waals surface area contributed by atoms with E-state index in [2.05, 4.69) is 4.89 Å². The molecule has 1 aromatic rings. The van der Waals surface area contributed by atoms with Gasteiger partial charge in [0.25, 0.3) is 0 Å². The number of hydrogen-bond donors (Lipinski definition) is 1. The van der Waals surface area contributed by atoms with Crippen LogP contribution < -0.4 is 4.89 Å². The summed E-state index contributed by atoms with van der Waals surface area (Å²) < 4.78 is 0. The molecule has 0 aliphatic carbocycles. The van der Waals surface area contributed by atoms with E-state index >= 15 is 0 Å². The summed E-state index contributed by atoms with van der Waals surface area (Å²) in [5.74, 6) is -0.181. The Morgan fingerprint density at radius 3 is 2.46 bits per heavy atom. The van der Waals surface area contributed by atoms with Gasteiger partial charge in [-0.2, -0.15) is 0 Å². The van der Waals surface area contributed by atoms with E-state index in [-0.39, 0.29) is 12.7 Å². The molecule has 0 aliphatic heterocycles. The molecule has 4 nitrogen and oxygen atoms in total. The summed E-state index contributed by atoms with van der Waals surface area (Å²) in [5.41, 5.74) is 0.706. The summed E-state index contributed by atoms with van der Waals surface area (Å²) in [7, 11) is 0. The molecule has 0 heterocycles. The molecule has 0 aliphatic rings. The van der Waals surface area contributed by atoms with Gasteiger partial charge < -0.3 is 4.89 Å². The van der Waals surface area contributed by atoms with Gasteiger partial charge in [-0.25, -0.2) is 5.26 Å². The van der Waals surface area contributed by atoms with Crippen LogP contribution in [0.3, 0.4) is 0 Å². The highest BCUT2D eigenvalue weighted by atomic mass is 17.1. The molecule has 4 heteroatoms. The van der Waals surface area contributed by atoms with Crippen molar-refractivity contribution in [3.63, 3.8) is 0 Å². The number of carbonyl (C=O) groups excluding carboxylic acids is 2. The van der Waals surface area contributed by atoms with Gasteiger partial charge in [0, 0.05) is 6.42 Å². The van der Waals surface area contributed by atoms with Gasteiger partial charge in [0.1, 0.15) is 0 Å². The van der Waals surface area contributed by atoms with Crippen LogP contribution in [0.5, 0.6) is 5.75 Å². The maximum Gasteiger partial charge on any atom is 0.199 e. The summed E-state index contributed by atoms with van der Waals surface area (Å²) in [5, 5.41) is 8.23. The second kappa shape index (κ2) is 4.37. The molecule has 0 unspecified atom stereocenters. The van der Waals surface area contributed by atoms with Gasteiger partial charge in [-0.15, -0.1) is 0 Å². The molecule has 1 aromatic carbocycles. The second-order valence-corrected chi connectivity index (χ2v) is 2.50. The third-order valence-electron chi connectivity index (χ3n) is 1.54. The Hall–Kier alpha value is -1.68. The van der Waals surface area contributed by atoms with Gasteiger partial charge in [-0.1, -0.05) is 12.1 Å². The van der Waals surface area contributed by atoms with Crippen molar-refractivity contribution >= 4 is 12.1 Å². The van der Waals surface area contributed by atoms with E-state index in [1.165, 1.54) is 12.1 Å². The summed E-state index contributed by atoms with van der Waals surface area (Å²) >= 11 is 0. The molecule has 1 N–H and O–H groups in total. The number of Topliss-reactive ketones (excluding diaryl/α,β-unsaturated/α-hetero) is 1. The van der Waals surface area contributed by atoms with Gasteiger partial charge in [-0.3, -0.25) is 9.59 Å². The van der Waals surface area contributed by atoms with Crippen molar-refractivity contribution in [2.24, 2.45) is 0 Å². The Morgan fingerprint density at radius 1 is 1.38 bits per heavy atom. The molecule has 0 saturated carbocycles. The maximum absolute atomic E-state index is 10.7. The zero-order chi connectivity index (χ0) is 9.68. The van der Waals surface area contributed by atoms with Crippen molar-refractivity contribution in [3.05, 3.63) is 29.8 Å². The van der Waals surface area contributed by atoms with Crippen molar-refractivity contribution in [2.75, 3.05) is 0 Å². The number of hydrogen-bond acceptors (Lipinski definition) is 4. The monoisotopic (exact) mass is 180 g/mol. The summed E-state index contributed by atoms with van der Waals surface area (Å²) in [6, 6.07) is 6.22. The molecule has 68 valence electrons. The topological polar surface area (TPSA) is 63.6 Å². The normalized spacial score (nSPS) is 9.31. The van der Waals surface area contributed by atoms with Crippen molar-refractivity contribution in [3.8, 4) is 5.75 Å². The highest BCUT2D eigenvalue weighted by Crippen LogP contribution is 2.11. The lowest BCUT2D eigenvalue weighted by atomic mass is 10.1. The van der Waals surface area contributed by atoms with Crippen LogP contribution >= 0.6 is 0 Å². The molecule has 1 rings (SSSR count). The zero-order valence-corrected chi connectivity index (χ0v) is 6.77. The SMILES string of the molecule is O=CC(=O)Cc1ccc(OO)cc1. The standard InChI is InChI=1S/C9H8O4/c10-6-8(11)5-7-1-3-9(13-12)4-2-7/h1-4,6,12H,5H2. The van der Waals surface area contributed by atoms with Gasteiger partial charge in [0.2, 0.25) is 0 Å². The zero-order valence-electron chi connectivity index (χ0n) is 6.77. The summed E-state index contributed by atoms with van der Waals surface area (Å²) in [4.78, 5) is 24.7. The fourth-order valence-electron chi connectivity index (χ4n) is 0.911. The van der Waals surface area contributed by atoms with Gasteiger partial charge in [-0.05, 0) is 17.7 Å². The van der Waals surface area contributed by atoms with Crippen LogP contribution in [0.15, 0.2) is 24.3 Å². The van der Waals surface area contributed by atoms with Crippen LogP contribution in [-0.2, 0) is 16.0 Å². The number of ketones is 1. The highest BCUT2D eigenvalue weighted by molar-refractivity contribution is 6.25. The van der Waals surface area contributed by atoms with Crippen LogP contribution in [0.1, 0.15) is 5.56 Å². The third kappa shape index (κ3) is 2.68. The minimum atomic E-state index is -0.474. The summed E-state index contributed by atoms with van der Waals surface area (Å²) in [6.07, 6.45) is 0.367. The Bertz CT molecular complexity index is 302. The molecule has 0 amide bonds. The lowest BCUT2D eigenvalue weighted by Crippen LogP contribution is -2.02. The van der Waals surface area contributed by atoms with Gasteiger partial charge in [0.05, 0.1) is 0 Å². The average molecular weight is 180 g/mol. The van der Waals surface area contributed by atoms with Crippen LogP contribution in [0.25, 0.3) is 0 Å². The lowest BCUT2D eigenvalue weighted by Gasteiger charge is -1.98. The highest BCUT2D eigenvalue weighted by Gasteiger charge is 2.01. The fourth-order valence-corrected chi connectivity index (χ4v) is 0.911. The Balaban J connectivity index is 2.69. The van der Waals surface area contributed by atoms with Crippen molar-refractivity contribution in [1.82, 2.24) is 0 Å². The number of aldehydes is 1. The van der Waals surface area contributed by atoms with Crippen molar-refractivity contribution < 1.29 is 19.7 Å². The van der Waals surface area contributed by atoms with Gasteiger partial charge in [0.15, 0.2) is 17.8 Å². The molecule has 0 aromatic heterocycles. The van der Waals surface area contributed by atoms with Crippen molar-refractivity contribution in [1.29, 1.82) is 0 Å². The average Bonchev–Trinajstić information content (AvgIpc) is 2.19. The smallest absolute Gasteiger partial charge is 0.199 e. The first-order valence-electron chi connectivity index (χ1n) is 3.64. The number of carbonyl (C=O) groups is 2. The number of rotatable bonds is 4. The molecule has 0 spiro atoms. The van der Waals surface area contributed by atoms with Crippen LogP contribution in [-0.4, -0.2) is 17.3 Å². The Morgan fingerprint density at radius 2 is 2.00 bits per heavy atom. The Kier molecular flexibility index (Phi) is 3.16. The predicted molar refractivity (Wildman–Crippen MR) is 44.5 cm³/mol. The van der Waals surface area contributed by atoms with Crippen LogP contribution in [0.4, 0.5) is 0 Å². The molecule has 0 bridgehead atoms. The predicted octanol–water partition coefficient (Wildman–Crippen LogP) is 0.849. The van der Waals surface area contributed by atoms with E-state index in [1.807, 2.05) is 0 Å². The first-order chi connectivity index (χ1) is 6.26. The van der Waals surface area contributed by atoms with Crippen LogP contribution in [0.2, 0.25) is 0 Å². The van der Waals surface area contributed by atoms with Crippen LogP contribution in [0, 0.1) is 0 Å². The fraction of sp³-hybridized carbons (Fsp3) is 0.111. The van der Waals surface area contributed by atoms with E-state index < -0.39 is 5.78 Å². The Labute approximate surface area is 74.7 Å². The molecular weight excluding hydrogens is 172 g/mol. The number of benzene rings is 1. The van der Waals surface area contributed by atoms with Gasteiger partial charge >= 0.3 is 0 Å². The minimum Gasteiger partial charge on any atom is -0.340 e. The molecule has 0 atom stereocenters. The minimum absolute atomic E-state index is 0.0786. The first kappa shape index (κ1) is 9.41. The quantitative estimate of drug-likeness (QED) is 0.323. The van der Waals surface area contributed by atoms with E-state index in [1.54, 1.807) is 12.1 Å². The molecule has 0 fully saturated rings. The lowest BCUT2D eigenvalue weighted by molar-refractivity contribution is -0.137. The molecular formula is C9H8O4. The maximum atomic E-state index is 10.7. The first-order valence-corrected chi connectivity index (χ1v) is 3.64. The largest absolute Gasteiger partial charge is 0.340 e. The molecule has 0 radical (unpaired) electrons. The molecule has 0 saturated heterocycles. The van der Waals surface area contributed by atoms with E-state index in [0.29, 0.717) is 11.3 Å². The van der Waals surface area contributed by atoms with Crippen molar-refractivity contribution in [2.45, 2.75) is 6.42 Å². The molecule has 13 heavy (non-hydrogen) atoms. The summed E-state index contributed by atoms with van der Waals surface area (Å²) in [6.45, 7) is 0.